The number of benzene rings is 2. The summed E-state index contributed by atoms with van der Waals surface area (Å²) in [5, 5.41) is 0. The zero-order valence-corrected chi connectivity index (χ0v) is 13.3. The Balaban J connectivity index is 2.39. The lowest BCUT2D eigenvalue weighted by molar-refractivity contribution is 0.594. The van der Waals surface area contributed by atoms with E-state index in [1.165, 1.54) is 15.9 Å². The number of hydrogen-bond donors (Lipinski definition) is 1. The smallest absolute Gasteiger partial charge is 0.264 e. The summed E-state index contributed by atoms with van der Waals surface area (Å²) in [6.07, 6.45) is 0.925. The van der Waals surface area contributed by atoms with E-state index in [9.17, 15) is 8.42 Å². The van der Waals surface area contributed by atoms with Gasteiger partial charge < -0.3 is 5.73 Å². The van der Waals surface area contributed by atoms with Crippen molar-refractivity contribution in [1.29, 1.82) is 0 Å². The SMILES string of the molecule is CCc1ccc(N(C)S(=O)(=O)c2ccc(N)c(C)c2)cc1. The van der Waals surface area contributed by atoms with Gasteiger partial charge in [-0.05, 0) is 54.8 Å². The minimum atomic E-state index is -3.57. The lowest BCUT2D eigenvalue weighted by Gasteiger charge is -2.20. The number of nitrogens with zero attached hydrogens (tertiary/aromatic N) is 1. The van der Waals surface area contributed by atoms with Gasteiger partial charge >= 0.3 is 0 Å². The van der Waals surface area contributed by atoms with Crippen LogP contribution in [0.1, 0.15) is 18.1 Å². The van der Waals surface area contributed by atoms with E-state index in [4.69, 9.17) is 5.73 Å². The molecule has 0 aromatic heterocycles. The number of hydrogen-bond acceptors (Lipinski definition) is 3. The van der Waals surface area contributed by atoms with Gasteiger partial charge in [0.15, 0.2) is 0 Å². The Hall–Kier alpha value is -2.01. The molecule has 0 aliphatic carbocycles. The van der Waals surface area contributed by atoms with Crippen molar-refractivity contribution in [2.45, 2.75) is 25.2 Å². The highest BCUT2D eigenvalue weighted by molar-refractivity contribution is 7.92. The first-order valence-electron chi connectivity index (χ1n) is 6.80. The number of nitrogens with two attached hydrogens (primary N) is 1. The third-order valence-corrected chi connectivity index (χ3v) is 5.39. The Morgan fingerprint density at radius 3 is 2.24 bits per heavy atom. The number of aryl methyl sites for hydroxylation is 2. The van der Waals surface area contributed by atoms with Crippen LogP contribution in [0.3, 0.4) is 0 Å². The fraction of sp³-hybridized carbons (Fsp3) is 0.250. The van der Waals surface area contributed by atoms with Crippen molar-refractivity contribution in [3.8, 4) is 0 Å². The van der Waals surface area contributed by atoms with Gasteiger partial charge in [-0.3, -0.25) is 4.31 Å². The largest absolute Gasteiger partial charge is 0.399 e. The van der Waals surface area contributed by atoms with Gasteiger partial charge in [-0.1, -0.05) is 19.1 Å². The Kier molecular flexibility index (Phi) is 4.23. The molecular weight excluding hydrogens is 284 g/mol. The first-order chi connectivity index (χ1) is 9.86. The molecule has 0 fully saturated rings. The van der Waals surface area contributed by atoms with E-state index < -0.39 is 10.0 Å². The minimum Gasteiger partial charge on any atom is -0.399 e. The molecule has 112 valence electrons. The molecule has 0 unspecified atom stereocenters. The standard InChI is InChI=1S/C16H20N2O2S/c1-4-13-5-7-14(8-6-13)18(3)21(19,20)15-9-10-16(17)12(2)11-15/h5-11H,4,17H2,1-3H3. The highest BCUT2D eigenvalue weighted by Crippen LogP contribution is 2.24. The van der Waals surface area contributed by atoms with Crippen molar-refractivity contribution >= 4 is 21.4 Å². The lowest BCUT2D eigenvalue weighted by atomic mass is 10.1. The Bertz CT molecular complexity index is 737. The summed E-state index contributed by atoms with van der Waals surface area (Å²) in [6.45, 7) is 3.86. The van der Waals surface area contributed by atoms with Gasteiger partial charge in [0.25, 0.3) is 10.0 Å². The van der Waals surface area contributed by atoms with Crippen molar-refractivity contribution in [3.05, 3.63) is 53.6 Å². The van der Waals surface area contributed by atoms with Gasteiger partial charge in [-0.15, -0.1) is 0 Å². The summed E-state index contributed by atoms with van der Waals surface area (Å²) in [4.78, 5) is 0.247. The van der Waals surface area contributed by atoms with E-state index in [2.05, 4.69) is 6.92 Å². The van der Waals surface area contributed by atoms with Gasteiger partial charge in [-0.25, -0.2) is 8.42 Å². The van der Waals surface area contributed by atoms with Crippen LogP contribution in [0.2, 0.25) is 0 Å². The van der Waals surface area contributed by atoms with Gasteiger partial charge in [0.1, 0.15) is 0 Å². The fourth-order valence-corrected chi connectivity index (χ4v) is 3.33. The topological polar surface area (TPSA) is 63.4 Å². The molecule has 0 saturated carbocycles. The number of anilines is 2. The molecule has 0 radical (unpaired) electrons. The van der Waals surface area contributed by atoms with E-state index in [0.717, 1.165) is 12.0 Å². The van der Waals surface area contributed by atoms with Crippen LogP contribution in [-0.4, -0.2) is 15.5 Å². The summed E-state index contributed by atoms with van der Waals surface area (Å²) >= 11 is 0. The fourth-order valence-electron chi connectivity index (χ4n) is 2.05. The van der Waals surface area contributed by atoms with Gasteiger partial charge in [0, 0.05) is 12.7 Å². The second kappa shape index (κ2) is 5.77. The minimum absolute atomic E-state index is 0.247. The first kappa shape index (κ1) is 15.4. The molecule has 4 nitrogen and oxygen atoms in total. The van der Waals surface area contributed by atoms with Crippen molar-refractivity contribution in [2.75, 3.05) is 17.1 Å². The van der Waals surface area contributed by atoms with E-state index >= 15 is 0 Å². The van der Waals surface area contributed by atoms with E-state index in [1.54, 1.807) is 26.1 Å². The second-order valence-electron chi connectivity index (χ2n) is 5.01. The average molecular weight is 304 g/mol. The molecule has 21 heavy (non-hydrogen) atoms. The molecule has 0 aliphatic rings. The molecule has 0 atom stereocenters. The zero-order chi connectivity index (χ0) is 15.6. The maximum Gasteiger partial charge on any atom is 0.264 e. The van der Waals surface area contributed by atoms with Crippen molar-refractivity contribution in [1.82, 2.24) is 0 Å². The van der Waals surface area contributed by atoms with Crippen LogP contribution in [-0.2, 0) is 16.4 Å². The molecule has 2 aromatic carbocycles. The normalized spacial score (nSPS) is 11.4. The molecule has 2 aromatic rings. The molecule has 0 spiro atoms. The van der Waals surface area contributed by atoms with Crippen LogP contribution in [0.25, 0.3) is 0 Å². The van der Waals surface area contributed by atoms with Crippen molar-refractivity contribution < 1.29 is 8.42 Å². The van der Waals surface area contributed by atoms with E-state index in [1.807, 2.05) is 24.3 Å². The highest BCUT2D eigenvalue weighted by atomic mass is 32.2. The van der Waals surface area contributed by atoms with E-state index in [-0.39, 0.29) is 4.90 Å². The lowest BCUT2D eigenvalue weighted by Crippen LogP contribution is -2.26. The molecule has 0 aliphatic heterocycles. The van der Waals surface area contributed by atoms with Crippen LogP contribution in [0.15, 0.2) is 47.4 Å². The molecule has 2 N–H and O–H groups in total. The summed E-state index contributed by atoms with van der Waals surface area (Å²) in [5.74, 6) is 0. The maximum atomic E-state index is 12.6. The van der Waals surface area contributed by atoms with Crippen molar-refractivity contribution in [2.24, 2.45) is 0 Å². The van der Waals surface area contributed by atoms with Crippen LogP contribution >= 0.6 is 0 Å². The van der Waals surface area contributed by atoms with Crippen LogP contribution < -0.4 is 10.0 Å². The van der Waals surface area contributed by atoms with Crippen LogP contribution in [0.4, 0.5) is 11.4 Å². The molecule has 5 heteroatoms. The summed E-state index contributed by atoms with van der Waals surface area (Å²) in [7, 11) is -2.02. The molecular formula is C16H20N2O2S. The summed E-state index contributed by atoms with van der Waals surface area (Å²) in [5.41, 5.74) is 8.90. The third-order valence-electron chi connectivity index (χ3n) is 3.61. The third kappa shape index (κ3) is 3.03. The van der Waals surface area contributed by atoms with Crippen LogP contribution in [0.5, 0.6) is 0 Å². The van der Waals surface area contributed by atoms with Crippen molar-refractivity contribution in [3.63, 3.8) is 0 Å². The monoisotopic (exact) mass is 304 g/mol. The summed E-state index contributed by atoms with van der Waals surface area (Å²) < 4.78 is 26.6. The predicted octanol–water partition coefficient (Wildman–Crippen LogP) is 2.96. The number of rotatable bonds is 4. The second-order valence-corrected chi connectivity index (χ2v) is 6.98. The molecule has 0 heterocycles. The number of sulfonamides is 1. The highest BCUT2D eigenvalue weighted by Gasteiger charge is 2.21. The predicted molar refractivity (Wildman–Crippen MR) is 87.0 cm³/mol. The Morgan fingerprint density at radius 1 is 1.10 bits per heavy atom. The quantitative estimate of drug-likeness (QED) is 0.883. The van der Waals surface area contributed by atoms with Gasteiger partial charge in [-0.2, -0.15) is 0 Å². The summed E-state index contributed by atoms with van der Waals surface area (Å²) in [6, 6.07) is 12.3. The van der Waals surface area contributed by atoms with Crippen LogP contribution in [0, 0.1) is 6.92 Å². The first-order valence-corrected chi connectivity index (χ1v) is 8.24. The number of nitrogen functional groups attached to an aromatic ring is 1. The zero-order valence-electron chi connectivity index (χ0n) is 12.5. The van der Waals surface area contributed by atoms with E-state index in [0.29, 0.717) is 11.4 Å². The molecule has 2 rings (SSSR count). The Morgan fingerprint density at radius 2 is 1.71 bits per heavy atom. The maximum absolute atomic E-state index is 12.6. The van der Waals surface area contributed by atoms with Gasteiger partial charge in [0.05, 0.1) is 10.6 Å². The molecule has 0 amide bonds. The van der Waals surface area contributed by atoms with Gasteiger partial charge in [0.2, 0.25) is 0 Å². The Labute approximate surface area is 126 Å². The average Bonchev–Trinajstić information content (AvgIpc) is 2.49. The molecule has 0 saturated heterocycles. The molecule has 0 bridgehead atoms.